The van der Waals surface area contributed by atoms with E-state index in [0.29, 0.717) is 64.8 Å². The molecule has 0 aliphatic carbocycles. The summed E-state index contributed by atoms with van der Waals surface area (Å²) in [5.41, 5.74) is 0. The van der Waals surface area contributed by atoms with Gasteiger partial charge in [0.25, 0.3) is 0 Å². The van der Waals surface area contributed by atoms with Crippen molar-refractivity contribution in [2.24, 2.45) is 0 Å². The lowest BCUT2D eigenvalue weighted by Gasteiger charge is -2.23. The van der Waals surface area contributed by atoms with E-state index in [1.54, 1.807) is 0 Å². The third-order valence-electron chi connectivity index (χ3n) is 17.7. The van der Waals surface area contributed by atoms with Crippen LogP contribution < -0.4 is 0 Å². The van der Waals surface area contributed by atoms with E-state index in [1.165, 1.54) is 64.2 Å². The first-order valence-electron chi connectivity index (χ1n) is 41.9. The van der Waals surface area contributed by atoms with Gasteiger partial charge in [-0.05, 0) is 194 Å². The van der Waals surface area contributed by atoms with Gasteiger partial charge in [-0.3, -0.25) is 19.2 Å². The summed E-state index contributed by atoms with van der Waals surface area (Å²) in [6, 6.07) is 0. The highest BCUT2D eigenvalue weighted by Crippen LogP contribution is 2.18. The molecule has 103 heavy (non-hydrogen) atoms. The molecule has 0 saturated heterocycles. The van der Waals surface area contributed by atoms with Crippen LogP contribution in [0.4, 0.5) is 0 Å². The van der Waals surface area contributed by atoms with Crippen molar-refractivity contribution in [2.75, 3.05) is 53.0 Å². The second kappa shape index (κ2) is 81.8. The van der Waals surface area contributed by atoms with E-state index >= 15 is 0 Å². The van der Waals surface area contributed by atoms with E-state index in [1.807, 2.05) is 0 Å². The summed E-state index contributed by atoms with van der Waals surface area (Å²) < 4.78 is 23.3. The van der Waals surface area contributed by atoms with E-state index in [-0.39, 0.29) is 36.1 Å². The molecule has 2 unspecified atom stereocenters. The zero-order valence-electron chi connectivity index (χ0n) is 67.0. The fourth-order valence-electron chi connectivity index (χ4n) is 11.5. The van der Waals surface area contributed by atoms with Crippen LogP contribution in [0.25, 0.3) is 0 Å². The summed E-state index contributed by atoms with van der Waals surface area (Å²) in [5, 5.41) is 0. The second-order valence-electron chi connectivity index (χ2n) is 27.5. The number of carbonyl (C=O) groups excluding carboxylic acids is 4. The van der Waals surface area contributed by atoms with E-state index in [9.17, 15) is 19.2 Å². The van der Waals surface area contributed by atoms with Crippen LogP contribution >= 0.6 is 0 Å². The van der Waals surface area contributed by atoms with Crippen LogP contribution in [0.5, 0.6) is 0 Å². The maximum absolute atomic E-state index is 12.9. The fourth-order valence-corrected chi connectivity index (χ4v) is 11.5. The molecule has 0 radical (unpaired) electrons. The van der Waals surface area contributed by atoms with E-state index in [2.05, 4.69) is 222 Å². The van der Waals surface area contributed by atoms with E-state index in [0.717, 1.165) is 212 Å². The zero-order chi connectivity index (χ0) is 74.7. The molecular formula is C93H154N2O8. The molecule has 584 valence electrons. The number of ether oxygens (including phenoxy) is 4. The third kappa shape index (κ3) is 77.1. The van der Waals surface area contributed by atoms with Gasteiger partial charge in [0, 0.05) is 38.8 Å². The summed E-state index contributed by atoms with van der Waals surface area (Å²) >= 11 is 0. The fraction of sp³-hybridized carbons (Fsp3) is 0.656. The first-order valence-corrected chi connectivity index (χ1v) is 41.9. The molecule has 0 aromatic heterocycles. The molecule has 0 amide bonds. The smallest absolute Gasteiger partial charge is 0.307 e. The highest BCUT2D eigenvalue weighted by molar-refractivity contribution is 5.71. The Kier molecular flexibility index (Phi) is 77.2. The van der Waals surface area contributed by atoms with Gasteiger partial charge in [0.05, 0.1) is 26.1 Å². The molecule has 10 heteroatoms. The molecular weight excluding hydrogens is 1270 g/mol. The quantitative estimate of drug-likeness (QED) is 0.0253. The minimum Gasteiger partial charge on any atom is -0.466 e. The number of carbonyl (C=O) groups is 4. The van der Waals surface area contributed by atoms with E-state index in [4.69, 9.17) is 18.9 Å². The maximum atomic E-state index is 12.9. The van der Waals surface area contributed by atoms with Crippen molar-refractivity contribution in [1.29, 1.82) is 0 Å². The second-order valence-corrected chi connectivity index (χ2v) is 27.5. The molecule has 0 aliphatic rings. The van der Waals surface area contributed by atoms with Crippen LogP contribution in [0.1, 0.15) is 330 Å². The highest BCUT2D eigenvalue weighted by Gasteiger charge is 2.16. The number of hydrogen-bond donors (Lipinski definition) is 0. The predicted octanol–water partition coefficient (Wildman–Crippen LogP) is 26.0. The SMILES string of the molecule is CC/C=C\C/C=C\C/C=C\C/C=C\C/C=C\C/C=C\CCC(=O)OC(C/C=C\CCCCCCCCOC(=O)CCN(CCCN(C)CCC)CCC(=O)OCCCCCCCC/C=C\CC(CCCCCC)OC(=O)CC/C=C\C/C=C\C/C=C\C/C=C\C/C=C\C/C=C\CC)CCCCCC. The monoisotopic (exact) mass is 1430 g/mol. The molecule has 0 heterocycles. The highest BCUT2D eigenvalue weighted by atomic mass is 16.6. The molecule has 0 aromatic carbocycles. The Bertz CT molecular complexity index is 2220. The number of allylic oxidation sites excluding steroid dienone is 26. The molecule has 0 fully saturated rings. The van der Waals surface area contributed by atoms with Crippen LogP contribution in [0.2, 0.25) is 0 Å². The molecule has 0 saturated carbocycles. The average Bonchev–Trinajstić information content (AvgIpc) is 2.84. The van der Waals surface area contributed by atoms with E-state index < -0.39 is 0 Å². The Hall–Kier alpha value is -5.84. The lowest BCUT2D eigenvalue weighted by atomic mass is 10.1. The van der Waals surface area contributed by atoms with Gasteiger partial charge in [-0.25, -0.2) is 0 Å². The molecule has 2 atom stereocenters. The van der Waals surface area contributed by atoms with Crippen molar-refractivity contribution < 1.29 is 38.1 Å². The third-order valence-corrected chi connectivity index (χ3v) is 17.7. The summed E-state index contributed by atoms with van der Waals surface area (Å²) in [4.78, 5) is 55.9. The first-order chi connectivity index (χ1) is 50.7. The predicted molar refractivity (Wildman–Crippen MR) is 444 cm³/mol. The standard InChI is InChI=1S/C93H154N2O8/c1-7-12-16-20-22-24-26-28-30-32-34-36-38-40-42-48-54-60-68-77-92(98)102-88(73-64-18-14-9-3)75-66-58-52-46-44-50-56-62-70-86-100-90(96)79-84-95(83-72-82-94(6)81-11-5)85-80-91(97)101-87-71-63-57-51-45-47-53-59-67-76-89(74-65-19-15-10-4)103-93(99)78-69-61-55-49-43-41-39-37-35-33-31-29-27-25-23-21-17-13-8-2/h12-13,16-17,22-25,28-31,34-37,40-43,54-55,58-61,66-67,88-89H,7-11,14-15,18-21,26-27,32-33,38-39,44-53,56-57,62-65,68-87H2,1-6H3/b16-12-,17-13-,24-22-,25-23-,30-28-,31-29-,36-34-,37-35-,42-40-,43-41-,60-54-,61-55-,66-58-,67-59-. The van der Waals surface area contributed by atoms with Crippen molar-refractivity contribution in [3.05, 3.63) is 170 Å². The molecule has 0 bridgehead atoms. The summed E-state index contributed by atoms with van der Waals surface area (Å²) in [7, 11) is 2.15. The van der Waals surface area contributed by atoms with Gasteiger partial charge in [-0.15, -0.1) is 0 Å². The molecule has 0 N–H and O–H groups in total. The maximum Gasteiger partial charge on any atom is 0.307 e. The normalized spacial score (nSPS) is 13.4. The lowest BCUT2D eigenvalue weighted by Crippen LogP contribution is -2.32. The van der Waals surface area contributed by atoms with Crippen molar-refractivity contribution >= 4 is 23.9 Å². The van der Waals surface area contributed by atoms with Gasteiger partial charge in [-0.2, -0.15) is 0 Å². The minimum atomic E-state index is -0.168. The number of rotatable bonds is 74. The van der Waals surface area contributed by atoms with Crippen molar-refractivity contribution in [3.63, 3.8) is 0 Å². The Morgan fingerprint density at radius 3 is 0.922 bits per heavy atom. The topological polar surface area (TPSA) is 112 Å². The Labute approximate surface area is 633 Å². The minimum absolute atomic E-state index is 0.0536. The van der Waals surface area contributed by atoms with Gasteiger partial charge in [0.2, 0.25) is 0 Å². The average molecular weight is 1430 g/mol. The molecule has 0 aromatic rings. The largest absolute Gasteiger partial charge is 0.466 e. The Morgan fingerprint density at radius 2 is 0.583 bits per heavy atom. The van der Waals surface area contributed by atoms with Crippen LogP contribution in [0.3, 0.4) is 0 Å². The molecule has 0 aliphatic heterocycles. The summed E-state index contributed by atoms with van der Waals surface area (Å²) in [6.45, 7) is 15.9. The first kappa shape index (κ1) is 97.2. The molecule has 0 spiro atoms. The summed E-state index contributed by atoms with van der Waals surface area (Å²) in [5.74, 6) is -0.530. The number of unbranched alkanes of at least 4 members (excludes halogenated alkanes) is 18. The van der Waals surface area contributed by atoms with Crippen molar-refractivity contribution in [1.82, 2.24) is 9.80 Å². The van der Waals surface area contributed by atoms with Gasteiger partial charge >= 0.3 is 23.9 Å². The van der Waals surface area contributed by atoms with Gasteiger partial charge < -0.3 is 28.7 Å². The Morgan fingerprint density at radius 1 is 0.272 bits per heavy atom. The van der Waals surface area contributed by atoms with Gasteiger partial charge in [0.1, 0.15) is 12.2 Å². The van der Waals surface area contributed by atoms with Crippen molar-refractivity contribution in [3.8, 4) is 0 Å². The van der Waals surface area contributed by atoms with Gasteiger partial charge in [0.15, 0.2) is 0 Å². The number of nitrogens with zero attached hydrogens (tertiary/aromatic N) is 2. The Balaban J connectivity index is 4.45. The van der Waals surface area contributed by atoms with Crippen LogP contribution in [0.15, 0.2) is 170 Å². The van der Waals surface area contributed by atoms with Crippen molar-refractivity contribution in [2.45, 2.75) is 342 Å². The number of hydrogen-bond acceptors (Lipinski definition) is 10. The zero-order valence-corrected chi connectivity index (χ0v) is 67.0. The molecule has 10 nitrogen and oxygen atoms in total. The van der Waals surface area contributed by atoms with Gasteiger partial charge in [-0.1, -0.05) is 295 Å². The lowest BCUT2D eigenvalue weighted by molar-refractivity contribution is -0.150. The number of esters is 4. The van der Waals surface area contributed by atoms with Crippen LogP contribution in [0, 0.1) is 0 Å². The van der Waals surface area contributed by atoms with Crippen LogP contribution in [-0.4, -0.2) is 98.9 Å². The van der Waals surface area contributed by atoms with Crippen LogP contribution in [-0.2, 0) is 38.1 Å². The summed E-state index contributed by atoms with van der Waals surface area (Å²) in [6.07, 6.45) is 106. The molecule has 0 rings (SSSR count).